The van der Waals surface area contributed by atoms with Gasteiger partial charge >= 0.3 is 0 Å². The molecule has 1 spiro atoms. The Balaban J connectivity index is 1.42. The standard InChI is InChI=1S/C32H56O/c1-20(2)12-11-13-21(3)23-14-15-24-22-18-26(33-10)32-27(29(32,6)7)28(4,5)19-31(32,9)25(22)16-17-30(23,24)8/h20-27H,11-19H2,1-10H3/t21-,22-,23-,24+,25+,26-,27-,30+,31-,32+/m1/s1. The zero-order valence-electron chi connectivity index (χ0n) is 23.9. The third-order valence-corrected chi connectivity index (χ3v) is 13.4. The largest absolute Gasteiger partial charge is 0.381 e. The molecule has 10 atom stereocenters. The van der Waals surface area contributed by atoms with Gasteiger partial charge < -0.3 is 4.74 Å². The van der Waals surface area contributed by atoms with Crippen LogP contribution in [0.4, 0.5) is 0 Å². The van der Waals surface area contributed by atoms with Gasteiger partial charge in [0.25, 0.3) is 0 Å². The first-order chi connectivity index (χ1) is 15.3. The first-order valence-electron chi connectivity index (χ1n) is 14.8. The Kier molecular flexibility index (Phi) is 5.59. The van der Waals surface area contributed by atoms with Gasteiger partial charge in [-0.1, -0.05) is 81.6 Å². The molecule has 1 nitrogen and oxygen atoms in total. The van der Waals surface area contributed by atoms with Gasteiger partial charge in [0, 0.05) is 12.5 Å². The highest BCUT2D eigenvalue weighted by Gasteiger charge is 2.90. The molecule has 5 aliphatic rings. The molecule has 5 fully saturated rings. The predicted octanol–water partition coefficient (Wildman–Crippen LogP) is 9.00. The van der Waals surface area contributed by atoms with Crippen molar-refractivity contribution in [2.75, 3.05) is 7.11 Å². The third-order valence-electron chi connectivity index (χ3n) is 13.4. The van der Waals surface area contributed by atoms with Crippen LogP contribution in [0, 0.1) is 68.5 Å². The average Bonchev–Trinajstić information content (AvgIpc) is 2.95. The van der Waals surface area contributed by atoms with Crippen LogP contribution < -0.4 is 0 Å². The van der Waals surface area contributed by atoms with Gasteiger partial charge in [-0.2, -0.15) is 0 Å². The third kappa shape index (κ3) is 2.93. The summed E-state index contributed by atoms with van der Waals surface area (Å²) >= 11 is 0. The highest BCUT2D eigenvalue weighted by molar-refractivity contribution is 5.37. The Morgan fingerprint density at radius 1 is 0.879 bits per heavy atom. The zero-order chi connectivity index (χ0) is 24.2. The molecule has 190 valence electrons. The molecular weight excluding hydrogens is 400 g/mol. The lowest BCUT2D eigenvalue weighted by molar-refractivity contribution is -0.174. The van der Waals surface area contributed by atoms with Crippen LogP contribution in [-0.4, -0.2) is 13.2 Å². The van der Waals surface area contributed by atoms with Crippen molar-refractivity contribution in [1.82, 2.24) is 0 Å². The van der Waals surface area contributed by atoms with E-state index in [1.54, 1.807) is 0 Å². The van der Waals surface area contributed by atoms with E-state index in [4.69, 9.17) is 4.74 Å². The van der Waals surface area contributed by atoms with Crippen LogP contribution in [0.5, 0.6) is 0 Å². The molecule has 33 heavy (non-hydrogen) atoms. The van der Waals surface area contributed by atoms with E-state index < -0.39 is 0 Å². The number of hydrogen-bond donors (Lipinski definition) is 0. The van der Waals surface area contributed by atoms with E-state index in [2.05, 4.69) is 62.3 Å². The second kappa shape index (κ2) is 7.49. The molecule has 0 amide bonds. The number of ether oxygens (including phenoxy) is 1. The van der Waals surface area contributed by atoms with Gasteiger partial charge in [0.05, 0.1) is 6.10 Å². The summed E-state index contributed by atoms with van der Waals surface area (Å²) in [5.41, 5.74) is 2.32. The van der Waals surface area contributed by atoms with Crippen LogP contribution in [0.2, 0.25) is 0 Å². The lowest BCUT2D eigenvalue weighted by Gasteiger charge is -2.62. The zero-order valence-corrected chi connectivity index (χ0v) is 23.9. The lowest BCUT2D eigenvalue weighted by atomic mass is 9.44. The van der Waals surface area contributed by atoms with Gasteiger partial charge in [0.15, 0.2) is 0 Å². The molecule has 0 bridgehead atoms. The van der Waals surface area contributed by atoms with Crippen LogP contribution >= 0.6 is 0 Å². The van der Waals surface area contributed by atoms with E-state index in [0.717, 1.165) is 41.4 Å². The maximum atomic E-state index is 6.52. The van der Waals surface area contributed by atoms with Gasteiger partial charge in [0.2, 0.25) is 0 Å². The van der Waals surface area contributed by atoms with E-state index in [1.807, 2.05) is 7.11 Å². The molecular formula is C32H56O. The van der Waals surface area contributed by atoms with Gasteiger partial charge in [-0.3, -0.25) is 0 Å². The molecule has 1 heteroatoms. The minimum Gasteiger partial charge on any atom is -0.381 e. The minimum atomic E-state index is 0.412. The quantitative estimate of drug-likeness (QED) is 0.387. The second-order valence-corrected chi connectivity index (χ2v) is 16.0. The van der Waals surface area contributed by atoms with Gasteiger partial charge in [-0.05, 0) is 102 Å². The summed E-state index contributed by atoms with van der Waals surface area (Å²) < 4.78 is 6.52. The van der Waals surface area contributed by atoms with Crippen molar-refractivity contribution in [2.45, 2.75) is 126 Å². The molecule has 5 aliphatic carbocycles. The normalized spacial score (nSPS) is 52.1. The number of methoxy groups -OCH3 is 1. The van der Waals surface area contributed by atoms with Crippen molar-refractivity contribution in [3.05, 3.63) is 0 Å². The Morgan fingerprint density at radius 3 is 2.18 bits per heavy atom. The molecule has 0 aromatic carbocycles. The fourth-order valence-electron chi connectivity index (χ4n) is 13.2. The molecule has 0 heterocycles. The molecule has 0 aliphatic heterocycles. The fraction of sp³-hybridized carbons (Fsp3) is 1.00. The summed E-state index contributed by atoms with van der Waals surface area (Å²) in [6, 6.07) is 0. The Hall–Kier alpha value is -0.0400. The Bertz CT molecular complexity index is 764. The molecule has 0 unspecified atom stereocenters. The topological polar surface area (TPSA) is 9.23 Å². The van der Waals surface area contributed by atoms with Crippen LogP contribution in [-0.2, 0) is 4.74 Å². The van der Waals surface area contributed by atoms with Crippen molar-refractivity contribution >= 4 is 0 Å². The molecule has 5 saturated carbocycles. The van der Waals surface area contributed by atoms with Gasteiger partial charge in [-0.15, -0.1) is 0 Å². The lowest BCUT2D eigenvalue weighted by Crippen LogP contribution is -2.58. The highest BCUT2D eigenvalue weighted by Crippen LogP contribution is 2.92. The summed E-state index contributed by atoms with van der Waals surface area (Å²) in [5.74, 6) is 6.28. The summed E-state index contributed by atoms with van der Waals surface area (Å²) in [4.78, 5) is 0. The maximum absolute atomic E-state index is 6.52. The van der Waals surface area contributed by atoms with E-state index in [-0.39, 0.29) is 0 Å². The summed E-state index contributed by atoms with van der Waals surface area (Å²) in [6.45, 7) is 23.2. The molecule has 5 rings (SSSR count). The Labute approximate surface area is 206 Å². The fourth-order valence-corrected chi connectivity index (χ4v) is 13.2. The smallest absolute Gasteiger partial charge is 0.0644 e. The van der Waals surface area contributed by atoms with Crippen molar-refractivity contribution in [3.8, 4) is 0 Å². The summed E-state index contributed by atoms with van der Waals surface area (Å²) in [6.07, 6.45) is 13.5. The summed E-state index contributed by atoms with van der Waals surface area (Å²) in [7, 11) is 2.05. The highest BCUT2D eigenvalue weighted by atomic mass is 16.5. The van der Waals surface area contributed by atoms with Crippen LogP contribution in [0.3, 0.4) is 0 Å². The van der Waals surface area contributed by atoms with Crippen LogP contribution in [0.15, 0.2) is 0 Å². The monoisotopic (exact) mass is 456 g/mol. The van der Waals surface area contributed by atoms with Crippen LogP contribution in [0.25, 0.3) is 0 Å². The van der Waals surface area contributed by atoms with E-state index in [9.17, 15) is 0 Å². The van der Waals surface area contributed by atoms with Crippen molar-refractivity contribution in [3.63, 3.8) is 0 Å². The molecule has 0 aromatic rings. The molecule has 0 N–H and O–H groups in total. The first kappa shape index (κ1) is 24.6. The van der Waals surface area contributed by atoms with Crippen molar-refractivity contribution < 1.29 is 4.74 Å². The average molecular weight is 457 g/mol. The van der Waals surface area contributed by atoms with E-state index in [1.165, 1.54) is 57.8 Å². The van der Waals surface area contributed by atoms with Crippen molar-refractivity contribution in [1.29, 1.82) is 0 Å². The molecule has 0 aromatic heterocycles. The van der Waals surface area contributed by atoms with Crippen molar-refractivity contribution in [2.24, 2.45) is 68.5 Å². The van der Waals surface area contributed by atoms with Gasteiger partial charge in [-0.25, -0.2) is 0 Å². The maximum Gasteiger partial charge on any atom is 0.0644 e. The summed E-state index contributed by atoms with van der Waals surface area (Å²) in [5, 5.41) is 0. The Morgan fingerprint density at radius 2 is 1.58 bits per heavy atom. The van der Waals surface area contributed by atoms with E-state index in [0.29, 0.717) is 33.2 Å². The van der Waals surface area contributed by atoms with E-state index >= 15 is 0 Å². The predicted molar refractivity (Wildman–Crippen MR) is 140 cm³/mol. The molecule has 0 saturated heterocycles. The second-order valence-electron chi connectivity index (χ2n) is 16.0. The SMILES string of the molecule is CO[C@@H]1C[C@@H]2[C@@H]3CC[C@H]([C@H](C)CCCC(C)C)[C@]3(C)CC[C@@H]2[C@@]2(C)CC(C)(C)[C@@H]3C(C)(C)[C@@]312. The minimum absolute atomic E-state index is 0.412. The van der Waals surface area contributed by atoms with Gasteiger partial charge in [0.1, 0.15) is 0 Å². The first-order valence-corrected chi connectivity index (χ1v) is 14.8. The number of hydrogen-bond acceptors (Lipinski definition) is 1. The number of rotatable bonds is 6. The number of fused-ring (bicyclic) bond motifs is 4. The molecule has 0 radical (unpaired) electrons. The van der Waals surface area contributed by atoms with Crippen LogP contribution in [0.1, 0.15) is 120 Å².